The highest BCUT2D eigenvalue weighted by atomic mass is 19.4. The van der Waals surface area contributed by atoms with Crippen molar-refractivity contribution in [2.24, 2.45) is 0 Å². The van der Waals surface area contributed by atoms with Crippen LogP contribution in [0.3, 0.4) is 0 Å². The summed E-state index contributed by atoms with van der Waals surface area (Å²) in [6, 6.07) is 10.4. The molecule has 0 bridgehead atoms. The van der Waals surface area contributed by atoms with Crippen LogP contribution in [0, 0.1) is 6.92 Å². The number of carbonyl (C=O) groups is 3. The average Bonchev–Trinajstić information content (AvgIpc) is 2.88. The number of pyridine rings is 1. The highest BCUT2D eigenvalue weighted by Crippen LogP contribution is 2.32. The van der Waals surface area contributed by atoms with Crippen LogP contribution in [0.15, 0.2) is 54.7 Å². The lowest BCUT2D eigenvalue weighted by atomic mass is 10.1. The molecule has 0 aliphatic rings. The summed E-state index contributed by atoms with van der Waals surface area (Å²) < 4.78 is 45.4. The first-order valence-electron chi connectivity index (χ1n) is 11.4. The summed E-state index contributed by atoms with van der Waals surface area (Å²) in [5.74, 6) is 0.177. The van der Waals surface area contributed by atoms with Gasteiger partial charge in [-0.2, -0.15) is 13.2 Å². The lowest BCUT2D eigenvalue weighted by Gasteiger charge is -2.15. The Kier molecular flexibility index (Phi) is 8.89. The highest BCUT2D eigenvalue weighted by molar-refractivity contribution is 5.92. The molecule has 9 nitrogen and oxygen atoms in total. The Morgan fingerprint density at radius 3 is 2.39 bits per heavy atom. The largest absolute Gasteiger partial charge is 0.457 e. The van der Waals surface area contributed by atoms with Crippen LogP contribution in [0.25, 0.3) is 0 Å². The van der Waals surface area contributed by atoms with Crippen LogP contribution >= 0.6 is 0 Å². The summed E-state index contributed by atoms with van der Waals surface area (Å²) >= 11 is 0. The quantitative estimate of drug-likeness (QED) is 0.349. The normalized spacial score (nSPS) is 10.9. The van der Waals surface area contributed by atoms with Crippen molar-refractivity contribution in [3.63, 3.8) is 0 Å². The van der Waals surface area contributed by atoms with Gasteiger partial charge in [0, 0.05) is 38.6 Å². The number of likely N-dealkylation sites (N-methyl/N-ethyl adjacent to an activating group) is 1. The molecule has 0 spiro atoms. The molecule has 3 rings (SSSR count). The first-order chi connectivity index (χ1) is 18.0. The summed E-state index contributed by atoms with van der Waals surface area (Å²) in [6.45, 7) is 1.88. The number of hydrogen-bond acceptors (Lipinski definition) is 5. The predicted octanol–water partition coefficient (Wildman–Crippen LogP) is 4.17. The number of nitrogens with zero attached hydrogens (tertiary/aromatic N) is 1. The number of nitrogens with one attached hydrogen (secondary N) is 4. The second-order valence-electron chi connectivity index (χ2n) is 8.19. The van der Waals surface area contributed by atoms with Crippen molar-refractivity contribution in [2.75, 3.05) is 19.4 Å². The summed E-state index contributed by atoms with van der Waals surface area (Å²) in [7, 11) is 2.90. The number of amides is 4. The molecular weight excluding hydrogens is 503 g/mol. The van der Waals surface area contributed by atoms with Crippen molar-refractivity contribution in [1.82, 2.24) is 20.9 Å². The third-order valence-corrected chi connectivity index (χ3v) is 5.43. The van der Waals surface area contributed by atoms with Crippen molar-refractivity contribution in [3.05, 3.63) is 82.7 Å². The lowest BCUT2D eigenvalue weighted by Crippen LogP contribution is -2.29. The van der Waals surface area contributed by atoms with E-state index in [9.17, 15) is 27.6 Å². The Bertz CT molecular complexity index is 1340. The van der Waals surface area contributed by atoms with E-state index in [1.165, 1.54) is 26.4 Å². The van der Waals surface area contributed by atoms with Crippen molar-refractivity contribution in [1.29, 1.82) is 0 Å². The van der Waals surface area contributed by atoms with E-state index in [1.807, 2.05) is 0 Å². The molecule has 0 radical (unpaired) electrons. The van der Waals surface area contributed by atoms with Crippen molar-refractivity contribution in [3.8, 4) is 11.5 Å². The predicted molar refractivity (Wildman–Crippen MR) is 134 cm³/mol. The number of carbonyl (C=O) groups excluding carboxylic acids is 3. The number of ether oxygens (including phenoxy) is 1. The molecule has 0 atom stereocenters. The number of urea groups is 1. The Morgan fingerprint density at radius 2 is 1.74 bits per heavy atom. The fourth-order valence-corrected chi connectivity index (χ4v) is 3.42. The number of benzene rings is 2. The number of hydrogen-bond donors (Lipinski definition) is 4. The van der Waals surface area contributed by atoms with Crippen molar-refractivity contribution >= 4 is 23.5 Å². The van der Waals surface area contributed by atoms with Gasteiger partial charge in [0.15, 0.2) is 0 Å². The summed E-state index contributed by atoms with van der Waals surface area (Å²) in [5.41, 5.74) is 0.828. The zero-order chi connectivity index (χ0) is 27.9. The minimum absolute atomic E-state index is 0.0762. The Morgan fingerprint density at radius 1 is 0.974 bits per heavy atom. The first kappa shape index (κ1) is 28.0. The zero-order valence-corrected chi connectivity index (χ0v) is 20.8. The van der Waals surface area contributed by atoms with Gasteiger partial charge in [-0.25, -0.2) is 4.79 Å². The van der Waals surface area contributed by atoms with Crippen LogP contribution < -0.4 is 26.0 Å². The van der Waals surface area contributed by atoms with E-state index in [1.54, 1.807) is 31.2 Å². The van der Waals surface area contributed by atoms with E-state index in [-0.39, 0.29) is 35.8 Å². The molecule has 0 aliphatic heterocycles. The summed E-state index contributed by atoms with van der Waals surface area (Å²) in [6.07, 6.45) is -3.36. The number of aryl methyl sites for hydroxylation is 1. The lowest BCUT2D eigenvalue weighted by molar-refractivity contribution is -0.137. The molecule has 38 heavy (non-hydrogen) atoms. The average molecular weight is 530 g/mol. The fourth-order valence-electron chi connectivity index (χ4n) is 3.42. The molecule has 1 heterocycles. The molecule has 0 saturated heterocycles. The molecule has 4 amide bonds. The van der Waals surface area contributed by atoms with Crippen LogP contribution in [-0.4, -0.2) is 36.9 Å². The maximum atomic E-state index is 13.2. The van der Waals surface area contributed by atoms with E-state index in [0.717, 1.165) is 23.8 Å². The van der Waals surface area contributed by atoms with Gasteiger partial charge >= 0.3 is 12.2 Å². The van der Waals surface area contributed by atoms with Gasteiger partial charge in [-0.05, 0) is 47.9 Å². The molecule has 12 heteroatoms. The monoisotopic (exact) mass is 529 g/mol. The van der Waals surface area contributed by atoms with Crippen molar-refractivity contribution < 1.29 is 32.3 Å². The topological polar surface area (TPSA) is 121 Å². The van der Waals surface area contributed by atoms with Crippen LogP contribution in [0.2, 0.25) is 0 Å². The Labute approximate surface area is 216 Å². The van der Waals surface area contributed by atoms with Gasteiger partial charge in [0.05, 0.1) is 12.0 Å². The Hall–Kier alpha value is -4.61. The second kappa shape index (κ2) is 12.1. The van der Waals surface area contributed by atoms with Gasteiger partial charge in [0.2, 0.25) is 5.91 Å². The smallest absolute Gasteiger partial charge is 0.416 e. The third kappa shape index (κ3) is 7.45. The summed E-state index contributed by atoms with van der Waals surface area (Å²) in [5, 5.41) is 9.89. The van der Waals surface area contributed by atoms with Crippen LogP contribution in [0.4, 0.5) is 23.7 Å². The second-order valence-corrected chi connectivity index (χ2v) is 8.19. The molecule has 200 valence electrons. The summed E-state index contributed by atoms with van der Waals surface area (Å²) in [4.78, 5) is 40.0. The van der Waals surface area contributed by atoms with Crippen LogP contribution in [0.1, 0.15) is 32.7 Å². The maximum Gasteiger partial charge on any atom is 0.416 e. The molecule has 0 saturated carbocycles. The minimum atomic E-state index is -4.61. The number of alkyl halides is 3. The zero-order valence-electron chi connectivity index (χ0n) is 20.8. The van der Waals surface area contributed by atoms with E-state index in [4.69, 9.17) is 4.74 Å². The van der Waals surface area contributed by atoms with Gasteiger partial charge < -0.3 is 26.0 Å². The van der Waals surface area contributed by atoms with Crippen LogP contribution in [-0.2, 0) is 23.9 Å². The van der Waals surface area contributed by atoms with Gasteiger partial charge in [0.25, 0.3) is 5.91 Å². The van der Waals surface area contributed by atoms with Crippen LogP contribution in [0.5, 0.6) is 11.5 Å². The molecular formula is C26H26F3N5O4. The molecule has 4 N–H and O–H groups in total. The highest BCUT2D eigenvalue weighted by Gasteiger charge is 2.31. The minimum Gasteiger partial charge on any atom is -0.457 e. The number of halogens is 3. The fraction of sp³-hybridized carbons (Fsp3) is 0.231. The molecule has 3 aromatic rings. The molecule has 2 aromatic carbocycles. The number of anilines is 1. The van der Waals surface area contributed by atoms with Gasteiger partial charge in [0.1, 0.15) is 17.2 Å². The SMILES string of the molecule is CNC(=O)Cc1ccc(C(F)(F)F)cc1NC(=O)NCc1ccc(Oc2ccnc(C(=O)NC)c2)c(C)c1. The third-order valence-electron chi connectivity index (χ3n) is 5.43. The van der Waals surface area contributed by atoms with Gasteiger partial charge in [-0.15, -0.1) is 0 Å². The van der Waals surface area contributed by atoms with E-state index in [2.05, 4.69) is 26.3 Å². The number of rotatable bonds is 8. The molecule has 1 aromatic heterocycles. The molecule has 0 unspecified atom stereocenters. The van der Waals surface area contributed by atoms with E-state index in [0.29, 0.717) is 17.1 Å². The molecule has 0 aliphatic carbocycles. The number of aromatic nitrogens is 1. The van der Waals surface area contributed by atoms with Gasteiger partial charge in [-0.3, -0.25) is 14.6 Å². The van der Waals surface area contributed by atoms with E-state index >= 15 is 0 Å². The molecule has 0 fully saturated rings. The van der Waals surface area contributed by atoms with E-state index < -0.39 is 23.7 Å². The Balaban J connectivity index is 1.67. The van der Waals surface area contributed by atoms with Gasteiger partial charge in [-0.1, -0.05) is 18.2 Å². The first-order valence-corrected chi connectivity index (χ1v) is 11.4. The standard InChI is InChI=1S/C26H26F3N5O4/c1-15-10-16(4-7-22(15)38-19-8-9-32-21(13-19)24(36)31-3)14-33-25(37)34-20-12-18(26(27,28)29)6-5-17(20)11-23(35)30-2/h4-10,12-13H,11,14H2,1-3H3,(H,30,35)(H,31,36)(H2,33,34,37). The maximum absolute atomic E-state index is 13.2. The van der Waals surface area contributed by atoms with Crippen molar-refractivity contribution in [2.45, 2.75) is 26.1 Å².